The minimum absolute atomic E-state index is 0.272. The molecule has 0 atom stereocenters. The van der Waals surface area contributed by atoms with Crippen molar-refractivity contribution in [3.05, 3.63) is 0 Å². The van der Waals surface area contributed by atoms with E-state index >= 15 is 0 Å². The van der Waals surface area contributed by atoms with Crippen molar-refractivity contribution in [2.24, 2.45) is 10.4 Å². The van der Waals surface area contributed by atoms with Gasteiger partial charge in [-0.05, 0) is 6.42 Å². The Morgan fingerprint density at radius 3 is 2.82 bits per heavy atom. The van der Waals surface area contributed by atoms with Crippen LogP contribution in [0, 0.1) is 5.41 Å². The van der Waals surface area contributed by atoms with Crippen LogP contribution < -0.4 is 10.6 Å². The average molecular weight is 243 g/mol. The fourth-order valence-electron chi connectivity index (χ4n) is 1.47. The maximum absolute atomic E-state index is 5.37. The predicted molar refractivity (Wildman–Crippen MR) is 69.4 cm³/mol. The molecule has 0 aromatic rings. The summed E-state index contributed by atoms with van der Waals surface area (Å²) in [6, 6.07) is 0. The van der Waals surface area contributed by atoms with Crippen LogP contribution in [0.4, 0.5) is 0 Å². The molecule has 2 N–H and O–H groups in total. The molecule has 0 saturated heterocycles. The third kappa shape index (κ3) is 6.48. The number of hydrogen-bond donors (Lipinski definition) is 2. The van der Waals surface area contributed by atoms with Crippen LogP contribution >= 0.6 is 0 Å². The molecule has 17 heavy (non-hydrogen) atoms. The molecule has 0 spiro atoms. The molecule has 1 heterocycles. The first kappa shape index (κ1) is 14.3. The van der Waals surface area contributed by atoms with Crippen LogP contribution in [0.25, 0.3) is 0 Å². The van der Waals surface area contributed by atoms with Crippen LogP contribution in [0.1, 0.15) is 20.3 Å². The number of methoxy groups -OCH3 is 1. The summed E-state index contributed by atoms with van der Waals surface area (Å²) >= 11 is 0. The standard InChI is InChI=1S/C12H25N3O2/c1-12(2)9-14-11(15-10-12)13-5-4-6-17-8-7-16-3/h4-10H2,1-3H3,(H2,13,14,15). The lowest BCUT2D eigenvalue weighted by molar-refractivity contribution is 0.0698. The van der Waals surface area contributed by atoms with Crippen molar-refractivity contribution >= 4 is 5.96 Å². The van der Waals surface area contributed by atoms with Gasteiger partial charge in [0.15, 0.2) is 5.96 Å². The molecular formula is C12H25N3O2. The van der Waals surface area contributed by atoms with E-state index in [1.807, 2.05) is 0 Å². The molecule has 0 aromatic heterocycles. The molecule has 5 nitrogen and oxygen atoms in total. The summed E-state index contributed by atoms with van der Waals surface area (Å²) in [4.78, 5) is 4.46. The van der Waals surface area contributed by atoms with Gasteiger partial charge in [-0.1, -0.05) is 13.8 Å². The molecule has 0 amide bonds. The molecule has 0 aromatic carbocycles. The van der Waals surface area contributed by atoms with Crippen molar-refractivity contribution in [2.45, 2.75) is 20.3 Å². The fourth-order valence-corrected chi connectivity index (χ4v) is 1.47. The van der Waals surface area contributed by atoms with E-state index in [4.69, 9.17) is 9.47 Å². The monoisotopic (exact) mass is 243 g/mol. The number of nitrogens with zero attached hydrogens (tertiary/aromatic N) is 1. The number of hydrogen-bond acceptors (Lipinski definition) is 5. The zero-order valence-electron chi connectivity index (χ0n) is 11.2. The number of guanidine groups is 1. The van der Waals surface area contributed by atoms with Gasteiger partial charge in [0.1, 0.15) is 0 Å². The highest BCUT2D eigenvalue weighted by Gasteiger charge is 2.21. The first-order valence-electron chi connectivity index (χ1n) is 6.23. The molecule has 0 radical (unpaired) electrons. The van der Waals surface area contributed by atoms with Crippen LogP contribution in [0.3, 0.4) is 0 Å². The molecule has 0 bridgehead atoms. The predicted octanol–water partition coefficient (Wildman–Crippen LogP) is 0.615. The summed E-state index contributed by atoms with van der Waals surface area (Å²) in [7, 11) is 1.68. The zero-order valence-corrected chi connectivity index (χ0v) is 11.2. The summed E-state index contributed by atoms with van der Waals surface area (Å²) in [6.07, 6.45) is 0.980. The largest absolute Gasteiger partial charge is 0.382 e. The van der Waals surface area contributed by atoms with E-state index in [0.29, 0.717) is 13.2 Å². The first-order chi connectivity index (χ1) is 8.14. The molecule has 0 fully saturated rings. The van der Waals surface area contributed by atoms with Crippen LogP contribution in [0.2, 0.25) is 0 Å². The van der Waals surface area contributed by atoms with Gasteiger partial charge in [0.05, 0.1) is 13.2 Å². The van der Waals surface area contributed by atoms with Gasteiger partial charge < -0.3 is 20.1 Å². The fraction of sp³-hybridized carbons (Fsp3) is 0.917. The van der Waals surface area contributed by atoms with Crippen molar-refractivity contribution in [3.63, 3.8) is 0 Å². The lowest BCUT2D eigenvalue weighted by Crippen LogP contribution is -2.47. The first-order valence-corrected chi connectivity index (χ1v) is 6.23. The summed E-state index contributed by atoms with van der Waals surface area (Å²) in [5.41, 5.74) is 0.272. The topological polar surface area (TPSA) is 54.9 Å². The van der Waals surface area contributed by atoms with E-state index in [1.54, 1.807) is 7.11 Å². The van der Waals surface area contributed by atoms with Crippen molar-refractivity contribution in [1.29, 1.82) is 0 Å². The molecular weight excluding hydrogens is 218 g/mol. The smallest absolute Gasteiger partial charge is 0.191 e. The Bertz CT molecular complexity index is 242. The average Bonchev–Trinajstić information content (AvgIpc) is 2.30. The highest BCUT2D eigenvalue weighted by Crippen LogP contribution is 2.15. The van der Waals surface area contributed by atoms with Crippen LogP contribution in [-0.4, -0.2) is 52.5 Å². The molecule has 1 rings (SSSR count). The van der Waals surface area contributed by atoms with Crippen LogP contribution in [0.15, 0.2) is 4.99 Å². The van der Waals surface area contributed by atoms with Gasteiger partial charge in [0.25, 0.3) is 0 Å². The molecule has 1 aliphatic heterocycles. The van der Waals surface area contributed by atoms with Gasteiger partial charge >= 0.3 is 0 Å². The van der Waals surface area contributed by atoms with E-state index in [9.17, 15) is 0 Å². The molecule has 1 aliphatic rings. The Kier molecular flexibility index (Phi) is 6.29. The summed E-state index contributed by atoms with van der Waals surface area (Å²) in [5, 5.41) is 6.58. The van der Waals surface area contributed by atoms with E-state index in [1.165, 1.54) is 0 Å². The normalized spacial score (nSPS) is 18.4. The minimum Gasteiger partial charge on any atom is -0.382 e. The zero-order chi connectivity index (χ0) is 12.6. The van der Waals surface area contributed by atoms with Gasteiger partial charge in [0, 0.05) is 38.8 Å². The van der Waals surface area contributed by atoms with Gasteiger partial charge in [0.2, 0.25) is 0 Å². The Balaban J connectivity index is 1.98. The van der Waals surface area contributed by atoms with Gasteiger partial charge in [-0.3, -0.25) is 4.99 Å². The van der Waals surface area contributed by atoms with Crippen LogP contribution in [0.5, 0.6) is 0 Å². The SMILES string of the molecule is COCCOCCCNC1=NCC(C)(C)CN1. The second-order valence-corrected chi connectivity index (χ2v) is 5.07. The van der Waals surface area contributed by atoms with Gasteiger partial charge in [-0.2, -0.15) is 0 Å². The van der Waals surface area contributed by atoms with Crippen molar-refractivity contribution in [1.82, 2.24) is 10.6 Å². The summed E-state index contributed by atoms with van der Waals surface area (Å²) < 4.78 is 10.3. The lowest BCUT2D eigenvalue weighted by atomic mass is 9.93. The summed E-state index contributed by atoms with van der Waals surface area (Å²) in [6.45, 7) is 9.26. The Labute approximate surface area is 104 Å². The Morgan fingerprint density at radius 1 is 1.35 bits per heavy atom. The van der Waals surface area contributed by atoms with Crippen molar-refractivity contribution < 1.29 is 9.47 Å². The highest BCUT2D eigenvalue weighted by molar-refractivity contribution is 5.80. The molecule has 5 heteroatoms. The van der Waals surface area contributed by atoms with Crippen molar-refractivity contribution in [2.75, 3.05) is 46.6 Å². The van der Waals surface area contributed by atoms with E-state index in [2.05, 4.69) is 29.5 Å². The molecule has 0 saturated carbocycles. The maximum Gasteiger partial charge on any atom is 0.191 e. The minimum atomic E-state index is 0.272. The molecule has 0 unspecified atom stereocenters. The molecule has 0 aliphatic carbocycles. The highest BCUT2D eigenvalue weighted by atomic mass is 16.5. The second kappa shape index (κ2) is 7.50. The van der Waals surface area contributed by atoms with E-state index in [-0.39, 0.29) is 5.41 Å². The number of rotatable bonds is 7. The van der Waals surface area contributed by atoms with Crippen molar-refractivity contribution in [3.8, 4) is 0 Å². The number of aliphatic imine (C=N–C) groups is 1. The van der Waals surface area contributed by atoms with Gasteiger partial charge in [-0.25, -0.2) is 0 Å². The summed E-state index contributed by atoms with van der Waals surface area (Å²) in [5.74, 6) is 0.918. The third-order valence-corrected chi connectivity index (χ3v) is 2.59. The number of ether oxygens (including phenoxy) is 2. The molecule has 100 valence electrons. The van der Waals surface area contributed by atoms with Gasteiger partial charge in [-0.15, -0.1) is 0 Å². The third-order valence-electron chi connectivity index (χ3n) is 2.59. The lowest BCUT2D eigenvalue weighted by Gasteiger charge is -2.29. The van der Waals surface area contributed by atoms with E-state index in [0.717, 1.165) is 38.6 Å². The Morgan fingerprint density at radius 2 is 2.18 bits per heavy atom. The van der Waals surface area contributed by atoms with Crippen LogP contribution in [-0.2, 0) is 9.47 Å². The Hall–Kier alpha value is -0.810. The second-order valence-electron chi connectivity index (χ2n) is 5.07. The maximum atomic E-state index is 5.37. The van der Waals surface area contributed by atoms with E-state index < -0.39 is 0 Å². The number of nitrogens with one attached hydrogen (secondary N) is 2. The quantitative estimate of drug-likeness (QED) is 0.643.